The van der Waals surface area contributed by atoms with Crippen molar-refractivity contribution < 1.29 is 14.2 Å². The van der Waals surface area contributed by atoms with E-state index in [1.165, 1.54) is 23.6 Å². The lowest BCUT2D eigenvalue weighted by Gasteiger charge is -2.37. The number of pyridine rings is 1. The van der Waals surface area contributed by atoms with Crippen LogP contribution < -0.4 is 0 Å². The van der Waals surface area contributed by atoms with Crippen molar-refractivity contribution in [2.24, 2.45) is 0 Å². The molecule has 1 fully saturated rings. The Bertz CT molecular complexity index is 884. The number of hydrogen-bond donors (Lipinski definition) is 1. The molecule has 1 saturated heterocycles. The van der Waals surface area contributed by atoms with E-state index in [0.717, 1.165) is 29.0 Å². The van der Waals surface area contributed by atoms with E-state index in [4.69, 9.17) is 4.74 Å². The van der Waals surface area contributed by atoms with Crippen LogP contribution in [0.5, 0.6) is 5.75 Å². The molecule has 0 radical (unpaired) electrons. The molecule has 2 aromatic heterocycles. The monoisotopic (exact) mass is 359 g/mol. The van der Waals surface area contributed by atoms with Gasteiger partial charge in [0.1, 0.15) is 17.1 Å². The quantitative estimate of drug-likeness (QED) is 0.777. The van der Waals surface area contributed by atoms with Gasteiger partial charge in [-0.15, -0.1) is 11.3 Å². The number of benzene rings is 1. The number of thiazole rings is 1. The number of aromatic nitrogens is 2. The summed E-state index contributed by atoms with van der Waals surface area (Å²) in [5, 5.41) is 10.1. The van der Waals surface area contributed by atoms with Crippen molar-refractivity contribution in [2.75, 3.05) is 19.7 Å². The van der Waals surface area contributed by atoms with E-state index >= 15 is 0 Å². The number of aromatic hydroxyl groups is 1. The van der Waals surface area contributed by atoms with Gasteiger partial charge in [0, 0.05) is 13.1 Å². The Kier molecular flexibility index (Phi) is 4.37. The second-order valence-corrected chi connectivity index (χ2v) is 7.04. The zero-order valence-corrected chi connectivity index (χ0v) is 14.5. The van der Waals surface area contributed by atoms with Crippen molar-refractivity contribution in [3.63, 3.8) is 0 Å². The molecule has 25 heavy (non-hydrogen) atoms. The van der Waals surface area contributed by atoms with Gasteiger partial charge in [0.25, 0.3) is 0 Å². The van der Waals surface area contributed by atoms with Crippen molar-refractivity contribution in [3.05, 3.63) is 53.0 Å². The highest BCUT2D eigenvalue weighted by Crippen LogP contribution is 2.38. The van der Waals surface area contributed by atoms with Gasteiger partial charge in [0.2, 0.25) is 0 Å². The van der Waals surface area contributed by atoms with Crippen LogP contribution in [0.15, 0.2) is 36.0 Å². The fourth-order valence-corrected chi connectivity index (χ4v) is 4.19. The summed E-state index contributed by atoms with van der Waals surface area (Å²) in [7, 11) is 0. The van der Waals surface area contributed by atoms with Gasteiger partial charge in [-0.25, -0.2) is 9.37 Å². The summed E-state index contributed by atoms with van der Waals surface area (Å²) in [6, 6.07) is 6.59. The summed E-state index contributed by atoms with van der Waals surface area (Å²) >= 11 is 1.49. The molecule has 1 aliphatic rings. The zero-order valence-electron chi connectivity index (χ0n) is 13.7. The number of phenols is 1. The molecule has 130 valence electrons. The lowest BCUT2D eigenvalue weighted by Crippen LogP contribution is -2.43. The fraction of sp³-hybridized carbons (Fsp3) is 0.333. The maximum Gasteiger partial charge on any atom is 0.142 e. The van der Waals surface area contributed by atoms with Gasteiger partial charge in [0.05, 0.1) is 40.9 Å². The molecule has 1 aliphatic heterocycles. The molecule has 3 heterocycles. The summed E-state index contributed by atoms with van der Waals surface area (Å²) in [4.78, 5) is 10.9. The number of ether oxygens (including phenoxy) is 1. The molecule has 0 bridgehead atoms. The smallest absolute Gasteiger partial charge is 0.142 e. The summed E-state index contributed by atoms with van der Waals surface area (Å²) in [5.41, 5.74) is 4.11. The Morgan fingerprint density at radius 3 is 2.96 bits per heavy atom. The number of halogens is 1. The Morgan fingerprint density at radius 2 is 2.20 bits per heavy atom. The molecule has 3 aromatic rings. The van der Waals surface area contributed by atoms with Crippen LogP contribution in [0.3, 0.4) is 0 Å². The Morgan fingerprint density at radius 1 is 1.32 bits per heavy atom. The van der Waals surface area contributed by atoms with E-state index in [1.807, 2.05) is 13.0 Å². The average molecular weight is 359 g/mol. The first-order chi connectivity index (χ1) is 12.1. The third kappa shape index (κ3) is 3.10. The third-order valence-corrected chi connectivity index (χ3v) is 5.33. The largest absolute Gasteiger partial charge is 0.506 e. The number of morpholine rings is 1. The predicted molar refractivity (Wildman–Crippen MR) is 94.3 cm³/mol. The van der Waals surface area contributed by atoms with Crippen molar-refractivity contribution in [1.29, 1.82) is 0 Å². The van der Waals surface area contributed by atoms with E-state index in [1.54, 1.807) is 17.6 Å². The topological polar surface area (TPSA) is 58.5 Å². The van der Waals surface area contributed by atoms with Crippen LogP contribution in [-0.2, 0) is 4.74 Å². The van der Waals surface area contributed by atoms with E-state index in [2.05, 4.69) is 14.9 Å². The first-order valence-electron chi connectivity index (χ1n) is 8.15. The molecular weight excluding hydrogens is 341 g/mol. The van der Waals surface area contributed by atoms with Gasteiger partial charge in [-0.05, 0) is 30.7 Å². The molecule has 5 nitrogen and oxygen atoms in total. The summed E-state index contributed by atoms with van der Waals surface area (Å²) in [6.07, 6.45) is 1.36. The second kappa shape index (κ2) is 6.67. The molecule has 7 heteroatoms. The minimum absolute atomic E-state index is 0.116. The minimum atomic E-state index is -0.355. The predicted octanol–water partition coefficient (Wildman–Crippen LogP) is 3.35. The van der Waals surface area contributed by atoms with Crippen LogP contribution in [0.2, 0.25) is 0 Å². The zero-order chi connectivity index (χ0) is 17.4. The Labute approximate surface area is 148 Å². The number of fused-ring (bicyclic) bond motifs is 1. The van der Waals surface area contributed by atoms with Crippen LogP contribution >= 0.6 is 11.3 Å². The number of nitrogens with zero attached hydrogens (tertiary/aromatic N) is 3. The van der Waals surface area contributed by atoms with Crippen LogP contribution in [0.4, 0.5) is 4.39 Å². The van der Waals surface area contributed by atoms with Crippen LogP contribution in [0, 0.1) is 5.82 Å². The highest BCUT2D eigenvalue weighted by molar-refractivity contribution is 7.17. The minimum Gasteiger partial charge on any atom is -0.506 e. The second-order valence-electron chi connectivity index (χ2n) is 6.18. The van der Waals surface area contributed by atoms with Crippen LogP contribution in [0.1, 0.15) is 24.2 Å². The van der Waals surface area contributed by atoms with Gasteiger partial charge in [-0.1, -0.05) is 6.07 Å². The SMILES string of the molecule is CC1CN(C(c2ccc(F)cn2)c2ccc(O)c3ncsc23)CCO1. The maximum atomic E-state index is 13.4. The van der Waals surface area contributed by atoms with Gasteiger partial charge in [-0.2, -0.15) is 0 Å². The van der Waals surface area contributed by atoms with E-state index in [-0.39, 0.29) is 23.7 Å². The summed E-state index contributed by atoms with van der Waals surface area (Å²) in [5.74, 6) is -0.187. The first kappa shape index (κ1) is 16.4. The molecule has 4 rings (SSSR count). The van der Waals surface area contributed by atoms with Crippen LogP contribution in [-0.4, -0.2) is 45.8 Å². The lowest BCUT2D eigenvalue weighted by atomic mass is 9.99. The Balaban J connectivity index is 1.85. The molecule has 2 unspecified atom stereocenters. The highest BCUT2D eigenvalue weighted by atomic mass is 32.1. The molecule has 0 saturated carbocycles. The van der Waals surface area contributed by atoms with Crippen molar-refractivity contribution >= 4 is 21.6 Å². The van der Waals surface area contributed by atoms with Gasteiger partial charge in [0.15, 0.2) is 0 Å². The molecule has 0 amide bonds. The van der Waals surface area contributed by atoms with Crippen molar-refractivity contribution in [1.82, 2.24) is 14.9 Å². The highest BCUT2D eigenvalue weighted by Gasteiger charge is 2.30. The molecule has 0 aliphatic carbocycles. The summed E-state index contributed by atoms with van der Waals surface area (Å²) in [6.45, 7) is 4.20. The molecule has 1 N–H and O–H groups in total. The van der Waals surface area contributed by atoms with Gasteiger partial charge >= 0.3 is 0 Å². The molecule has 0 spiro atoms. The van der Waals surface area contributed by atoms with E-state index in [9.17, 15) is 9.50 Å². The standard InChI is InChI=1S/C18H18FN3O2S/c1-11-9-22(6-7-24-11)17(14-4-2-12(19)8-20-14)13-3-5-15(23)16-18(13)25-10-21-16/h2-5,8,10-11,17,23H,6-7,9H2,1H3. The van der Waals surface area contributed by atoms with Gasteiger partial charge < -0.3 is 9.84 Å². The molecular formula is C18H18FN3O2S. The molecule has 1 aromatic carbocycles. The normalized spacial score (nSPS) is 20.0. The number of phenolic OH excluding ortho intramolecular Hbond substituents is 1. The van der Waals surface area contributed by atoms with E-state index in [0.29, 0.717) is 12.1 Å². The maximum absolute atomic E-state index is 13.4. The number of hydrogen-bond acceptors (Lipinski definition) is 6. The first-order valence-corrected chi connectivity index (χ1v) is 9.03. The van der Waals surface area contributed by atoms with E-state index < -0.39 is 0 Å². The number of rotatable bonds is 3. The average Bonchev–Trinajstić information content (AvgIpc) is 3.10. The van der Waals surface area contributed by atoms with Crippen molar-refractivity contribution in [3.8, 4) is 5.75 Å². The fourth-order valence-electron chi connectivity index (χ4n) is 3.34. The van der Waals surface area contributed by atoms with Crippen LogP contribution in [0.25, 0.3) is 10.2 Å². The summed E-state index contributed by atoms with van der Waals surface area (Å²) < 4.78 is 20.0. The Hall–Kier alpha value is -2.09. The lowest BCUT2D eigenvalue weighted by molar-refractivity contribution is -0.0292. The molecule has 2 atom stereocenters. The van der Waals surface area contributed by atoms with Crippen molar-refractivity contribution in [2.45, 2.75) is 19.1 Å². The third-order valence-electron chi connectivity index (χ3n) is 4.46. The van der Waals surface area contributed by atoms with Gasteiger partial charge in [-0.3, -0.25) is 9.88 Å².